The predicted molar refractivity (Wildman–Crippen MR) is 122 cm³/mol. The molecule has 0 saturated carbocycles. The van der Waals surface area contributed by atoms with Gasteiger partial charge in [-0.2, -0.15) is 5.10 Å². The standard InChI is InChI=1S/C24H30N6O2/c1-16-13-25-15-24(16,12-18-6-4-3-5-7-18)23-27-22(32)20-14-26-21(30(20)28-23)19-8-10-29(11-9-19)17(2)31/h3-7,14,16,19,25H,8-13,15H2,1-2H3,(H,27,28,32)/t16-,24-/m0/s1. The molecule has 0 aliphatic carbocycles. The topological polar surface area (TPSA) is 95.4 Å². The van der Waals surface area contributed by atoms with Gasteiger partial charge in [-0.15, -0.1) is 0 Å². The summed E-state index contributed by atoms with van der Waals surface area (Å²) in [4.78, 5) is 34.3. The molecule has 2 N–H and O–H groups in total. The van der Waals surface area contributed by atoms with Gasteiger partial charge in [0.05, 0.1) is 11.6 Å². The van der Waals surface area contributed by atoms with Crippen LogP contribution in [0.15, 0.2) is 41.3 Å². The Morgan fingerprint density at radius 1 is 1.22 bits per heavy atom. The maximum Gasteiger partial charge on any atom is 0.276 e. The van der Waals surface area contributed by atoms with E-state index in [-0.39, 0.29) is 22.8 Å². The minimum atomic E-state index is -0.297. The van der Waals surface area contributed by atoms with Crippen LogP contribution in [0.1, 0.15) is 49.8 Å². The molecule has 0 bridgehead atoms. The highest BCUT2D eigenvalue weighted by Gasteiger charge is 2.44. The number of aromatic nitrogens is 4. The fourth-order valence-electron chi connectivity index (χ4n) is 5.35. The Morgan fingerprint density at radius 3 is 2.62 bits per heavy atom. The number of imidazole rings is 1. The summed E-state index contributed by atoms with van der Waals surface area (Å²) in [5, 5.41) is 8.52. The van der Waals surface area contributed by atoms with Crippen LogP contribution in [0.4, 0.5) is 0 Å². The van der Waals surface area contributed by atoms with Crippen molar-refractivity contribution in [3.63, 3.8) is 0 Å². The fourth-order valence-corrected chi connectivity index (χ4v) is 5.35. The van der Waals surface area contributed by atoms with E-state index in [2.05, 4.69) is 46.5 Å². The highest BCUT2D eigenvalue weighted by atomic mass is 16.2. The number of carbonyl (C=O) groups is 1. The van der Waals surface area contributed by atoms with Gasteiger partial charge in [0.15, 0.2) is 5.52 Å². The SMILES string of the molecule is CC(=O)N1CCC(c2ncc3c(=O)[nH]c([C@@]4(Cc5ccccc5)CNC[C@@H]4C)nn23)CC1. The Kier molecular flexibility index (Phi) is 5.33. The van der Waals surface area contributed by atoms with E-state index in [1.807, 2.05) is 11.0 Å². The minimum Gasteiger partial charge on any atom is -0.343 e. The second-order valence-corrected chi connectivity index (χ2v) is 9.35. The number of hydrogen-bond acceptors (Lipinski definition) is 5. The van der Waals surface area contributed by atoms with Gasteiger partial charge in [0.2, 0.25) is 5.91 Å². The normalized spacial score (nSPS) is 24.3. The number of fused-ring (bicyclic) bond motifs is 1. The number of benzene rings is 1. The van der Waals surface area contributed by atoms with Gasteiger partial charge in [0.25, 0.3) is 5.56 Å². The van der Waals surface area contributed by atoms with Gasteiger partial charge in [-0.05, 0) is 37.3 Å². The van der Waals surface area contributed by atoms with E-state index in [0.717, 1.165) is 44.0 Å². The molecule has 0 unspecified atom stereocenters. The molecule has 4 heterocycles. The summed E-state index contributed by atoms with van der Waals surface area (Å²) in [6.07, 6.45) is 4.09. The number of rotatable bonds is 4. The molecule has 168 valence electrons. The third-order valence-corrected chi connectivity index (χ3v) is 7.40. The van der Waals surface area contributed by atoms with E-state index >= 15 is 0 Å². The zero-order valence-corrected chi connectivity index (χ0v) is 18.7. The lowest BCUT2D eigenvalue weighted by atomic mass is 9.73. The van der Waals surface area contributed by atoms with Crippen LogP contribution in [0, 0.1) is 5.92 Å². The molecule has 1 aromatic carbocycles. The third kappa shape index (κ3) is 3.52. The summed E-state index contributed by atoms with van der Waals surface area (Å²) in [6.45, 7) is 6.90. The Hall–Kier alpha value is -3.00. The second-order valence-electron chi connectivity index (χ2n) is 9.35. The maximum absolute atomic E-state index is 13.1. The predicted octanol–water partition coefficient (Wildman–Crippen LogP) is 1.86. The largest absolute Gasteiger partial charge is 0.343 e. The average Bonchev–Trinajstić information content (AvgIpc) is 3.39. The van der Waals surface area contributed by atoms with Gasteiger partial charge in [-0.25, -0.2) is 9.50 Å². The molecule has 1 amide bonds. The summed E-state index contributed by atoms with van der Waals surface area (Å²) < 4.78 is 1.76. The molecular weight excluding hydrogens is 404 g/mol. The third-order valence-electron chi connectivity index (χ3n) is 7.40. The number of hydrogen-bond donors (Lipinski definition) is 2. The van der Waals surface area contributed by atoms with Crippen molar-refractivity contribution in [1.29, 1.82) is 0 Å². The molecule has 32 heavy (non-hydrogen) atoms. The van der Waals surface area contributed by atoms with Crippen LogP contribution in [0.25, 0.3) is 5.52 Å². The molecule has 0 radical (unpaired) electrons. The van der Waals surface area contributed by atoms with Gasteiger partial charge in [-0.3, -0.25) is 9.59 Å². The van der Waals surface area contributed by atoms with Crippen molar-refractivity contribution in [3.8, 4) is 0 Å². The second kappa shape index (κ2) is 8.16. The molecule has 2 aliphatic rings. The van der Waals surface area contributed by atoms with E-state index in [9.17, 15) is 9.59 Å². The molecule has 2 saturated heterocycles. The Balaban J connectivity index is 1.55. The molecule has 0 spiro atoms. The van der Waals surface area contributed by atoms with Gasteiger partial charge in [0, 0.05) is 32.5 Å². The maximum atomic E-state index is 13.1. The Labute approximate surface area is 187 Å². The molecule has 2 atom stereocenters. The van der Waals surface area contributed by atoms with Crippen LogP contribution in [0.3, 0.4) is 0 Å². The highest BCUT2D eigenvalue weighted by Crippen LogP contribution is 2.37. The number of carbonyl (C=O) groups excluding carboxylic acids is 1. The van der Waals surface area contributed by atoms with Crippen molar-refractivity contribution in [2.24, 2.45) is 5.92 Å². The average molecular weight is 435 g/mol. The van der Waals surface area contributed by atoms with Crippen molar-refractivity contribution in [1.82, 2.24) is 29.8 Å². The monoisotopic (exact) mass is 434 g/mol. The molecule has 2 aromatic heterocycles. The number of H-pyrrole nitrogens is 1. The van der Waals surface area contributed by atoms with Crippen LogP contribution < -0.4 is 10.9 Å². The lowest BCUT2D eigenvalue weighted by Crippen LogP contribution is -2.41. The van der Waals surface area contributed by atoms with Crippen LogP contribution in [0.2, 0.25) is 0 Å². The number of nitrogens with zero attached hydrogens (tertiary/aromatic N) is 4. The lowest BCUT2D eigenvalue weighted by Gasteiger charge is -2.32. The van der Waals surface area contributed by atoms with Gasteiger partial charge >= 0.3 is 0 Å². The molecule has 8 heteroatoms. The van der Waals surface area contributed by atoms with E-state index < -0.39 is 0 Å². The molecule has 2 aliphatic heterocycles. The molecule has 3 aromatic rings. The van der Waals surface area contributed by atoms with Crippen molar-refractivity contribution in [2.75, 3.05) is 26.2 Å². The van der Waals surface area contributed by atoms with Crippen molar-refractivity contribution in [2.45, 2.75) is 44.4 Å². The van der Waals surface area contributed by atoms with Gasteiger partial charge in [-0.1, -0.05) is 37.3 Å². The molecule has 2 fully saturated rings. The summed E-state index contributed by atoms with van der Waals surface area (Å²) in [5.41, 5.74) is 1.26. The summed E-state index contributed by atoms with van der Waals surface area (Å²) in [5.74, 6) is 2.15. The number of aromatic amines is 1. The summed E-state index contributed by atoms with van der Waals surface area (Å²) >= 11 is 0. The van der Waals surface area contributed by atoms with Crippen molar-refractivity contribution in [3.05, 3.63) is 64.1 Å². The Bertz CT molecular complexity index is 1180. The number of amides is 1. The highest BCUT2D eigenvalue weighted by molar-refractivity contribution is 5.73. The minimum absolute atomic E-state index is 0.110. The first kappa shape index (κ1) is 20.9. The first-order valence-corrected chi connectivity index (χ1v) is 11.5. The van der Waals surface area contributed by atoms with E-state index in [1.54, 1.807) is 17.6 Å². The van der Waals surface area contributed by atoms with Crippen LogP contribution >= 0.6 is 0 Å². The molecule has 5 rings (SSSR count). The number of piperidine rings is 1. The van der Waals surface area contributed by atoms with Crippen molar-refractivity contribution < 1.29 is 4.79 Å². The molecule has 8 nitrogen and oxygen atoms in total. The number of likely N-dealkylation sites (tertiary alicyclic amines) is 1. The van der Waals surface area contributed by atoms with Crippen LogP contribution in [-0.2, 0) is 16.6 Å². The summed E-state index contributed by atoms with van der Waals surface area (Å²) in [7, 11) is 0. The lowest BCUT2D eigenvalue weighted by molar-refractivity contribution is -0.129. The fraction of sp³-hybridized carbons (Fsp3) is 0.500. The van der Waals surface area contributed by atoms with E-state index in [1.165, 1.54) is 5.56 Å². The van der Waals surface area contributed by atoms with E-state index in [0.29, 0.717) is 24.5 Å². The smallest absolute Gasteiger partial charge is 0.276 e. The van der Waals surface area contributed by atoms with Crippen LogP contribution in [-0.4, -0.2) is 56.6 Å². The Morgan fingerprint density at radius 2 is 1.97 bits per heavy atom. The zero-order valence-electron chi connectivity index (χ0n) is 18.7. The van der Waals surface area contributed by atoms with Gasteiger partial charge < -0.3 is 15.2 Å². The number of nitrogens with one attached hydrogen (secondary N) is 2. The van der Waals surface area contributed by atoms with Crippen molar-refractivity contribution >= 4 is 11.4 Å². The first-order chi connectivity index (χ1) is 15.5. The molecular formula is C24H30N6O2. The first-order valence-electron chi connectivity index (χ1n) is 11.5. The van der Waals surface area contributed by atoms with Crippen LogP contribution in [0.5, 0.6) is 0 Å². The quantitative estimate of drug-likeness (QED) is 0.654. The summed E-state index contributed by atoms with van der Waals surface area (Å²) in [6, 6.07) is 10.4. The zero-order chi connectivity index (χ0) is 22.3. The van der Waals surface area contributed by atoms with Gasteiger partial charge in [0.1, 0.15) is 11.6 Å². The van der Waals surface area contributed by atoms with E-state index in [4.69, 9.17) is 5.10 Å².